The summed E-state index contributed by atoms with van der Waals surface area (Å²) in [5.41, 5.74) is 6.20. The molecule has 0 atom stereocenters. The number of pyridine rings is 1. The van der Waals surface area contributed by atoms with Crippen molar-refractivity contribution in [2.24, 2.45) is 17.6 Å². The molecule has 0 radical (unpaired) electrons. The number of nitrogens with two attached hydrogens (primary N) is 1. The molecule has 0 unspecified atom stereocenters. The van der Waals surface area contributed by atoms with Crippen LogP contribution in [0, 0.1) is 11.8 Å². The molecule has 2 aliphatic rings. The molecule has 0 bridgehead atoms. The maximum absolute atomic E-state index is 11.0. The molecule has 2 aromatic rings. The second-order valence-electron chi connectivity index (χ2n) is 8.48. The highest BCUT2D eigenvalue weighted by Crippen LogP contribution is 2.33. The molecule has 2 aromatic heterocycles. The third-order valence-electron chi connectivity index (χ3n) is 6.65. The first kappa shape index (κ1) is 19.2. The van der Waals surface area contributed by atoms with Gasteiger partial charge in [-0.05, 0) is 43.4 Å². The Labute approximate surface area is 167 Å². The molecule has 152 valence electrons. The summed E-state index contributed by atoms with van der Waals surface area (Å²) in [5, 5.41) is 1.11. The summed E-state index contributed by atoms with van der Waals surface area (Å²) in [4.78, 5) is 20.5. The number of nitrogens with zero attached hydrogens (tertiary/aromatic N) is 3. The van der Waals surface area contributed by atoms with Gasteiger partial charge in [-0.25, -0.2) is 4.98 Å². The predicted molar refractivity (Wildman–Crippen MR) is 111 cm³/mol. The Morgan fingerprint density at radius 2 is 1.79 bits per heavy atom. The molecular formula is C22H32N4O2. The number of primary amides is 1. The summed E-state index contributed by atoms with van der Waals surface area (Å²) >= 11 is 0. The van der Waals surface area contributed by atoms with Crippen molar-refractivity contribution < 1.29 is 9.21 Å². The third kappa shape index (κ3) is 4.66. The van der Waals surface area contributed by atoms with Gasteiger partial charge in [0.05, 0.1) is 11.6 Å². The van der Waals surface area contributed by atoms with E-state index in [1.54, 1.807) is 6.26 Å². The van der Waals surface area contributed by atoms with Gasteiger partial charge in [0.15, 0.2) is 0 Å². The van der Waals surface area contributed by atoms with E-state index in [4.69, 9.17) is 10.2 Å². The topological polar surface area (TPSA) is 75.6 Å². The predicted octanol–water partition coefficient (Wildman–Crippen LogP) is 3.41. The first-order valence-corrected chi connectivity index (χ1v) is 10.8. The number of hydrogen-bond donors (Lipinski definition) is 1. The molecule has 2 fully saturated rings. The van der Waals surface area contributed by atoms with Gasteiger partial charge in [-0.15, -0.1) is 0 Å². The number of carbonyl (C=O) groups is 1. The second-order valence-corrected chi connectivity index (χ2v) is 8.48. The van der Waals surface area contributed by atoms with Crippen LogP contribution in [0.1, 0.15) is 44.9 Å². The molecule has 6 nitrogen and oxygen atoms in total. The largest absolute Gasteiger partial charge is 0.464 e. The Balaban J connectivity index is 1.18. The molecule has 1 saturated carbocycles. The van der Waals surface area contributed by atoms with Crippen molar-refractivity contribution >= 4 is 22.7 Å². The zero-order valence-corrected chi connectivity index (χ0v) is 16.7. The van der Waals surface area contributed by atoms with Gasteiger partial charge in [0.2, 0.25) is 5.91 Å². The zero-order chi connectivity index (χ0) is 19.3. The minimum absolute atomic E-state index is 0.152. The molecule has 1 amide bonds. The SMILES string of the molecule is NC(=O)CCC1CCC(CCN2CCN(c3nccc4occc34)CC2)CC1. The van der Waals surface area contributed by atoms with Crippen LogP contribution in [0.2, 0.25) is 0 Å². The van der Waals surface area contributed by atoms with Gasteiger partial charge in [0, 0.05) is 38.8 Å². The summed E-state index contributed by atoms with van der Waals surface area (Å²) in [7, 11) is 0. The zero-order valence-electron chi connectivity index (χ0n) is 16.7. The van der Waals surface area contributed by atoms with Crippen molar-refractivity contribution in [1.82, 2.24) is 9.88 Å². The Morgan fingerprint density at radius 1 is 1.07 bits per heavy atom. The van der Waals surface area contributed by atoms with E-state index in [0.29, 0.717) is 12.3 Å². The van der Waals surface area contributed by atoms with E-state index < -0.39 is 0 Å². The fourth-order valence-corrected chi connectivity index (χ4v) is 4.84. The molecule has 6 heteroatoms. The van der Waals surface area contributed by atoms with Crippen LogP contribution in [0.15, 0.2) is 29.0 Å². The first-order valence-electron chi connectivity index (χ1n) is 10.8. The van der Waals surface area contributed by atoms with Gasteiger partial charge >= 0.3 is 0 Å². The monoisotopic (exact) mass is 384 g/mol. The lowest BCUT2D eigenvalue weighted by Gasteiger charge is -2.37. The fourth-order valence-electron chi connectivity index (χ4n) is 4.84. The van der Waals surface area contributed by atoms with Gasteiger partial charge in [0.1, 0.15) is 11.4 Å². The number of anilines is 1. The van der Waals surface area contributed by atoms with Crippen LogP contribution >= 0.6 is 0 Å². The van der Waals surface area contributed by atoms with Gasteiger partial charge in [-0.1, -0.05) is 25.7 Å². The van der Waals surface area contributed by atoms with Gasteiger partial charge in [-0.2, -0.15) is 0 Å². The summed E-state index contributed by atoms with van der Waals surface area (Å²) in [6.07, 6.45) is 11.6. The number of furan rings is 1. The number of hydrogen-bond acceptors (Lipinski definition) is 5. The number of carbonyl (C=O) groups excluding carboxylic acids is 1. The van der Waals surface area contributed by atoms with Gasteiger partial charge in [-0.3, -0.25) is 9.69 Å². The number of aromatic nitrogens is 1. The fraction of sp³-hybridized carbons (Fsp3) is 0.636. The van der Waals surface area contributed by atoms with Crippen LogP contribution < -0.4 is 10.6 Å². The summed E-state index contributed by atoms with van der Waals surface area (Å²) < 4.78 is 5.51. The number of fused-ring (bicyclic) bond motifs is 1. The molecular weight excluding hydrogens is 352 g/mol. The Bertz CT molecular complexity index is 774. The van der Waals surface area contributed by atoms with Crippen LogP contribution in [0.5, 0.6) is 0 Å². The van der Waals surface area contributed by atoms with E-state index in [0.717, 1.165) is 55.3 Å². The second kappa shape index (κ2) is 8.95. The standard InChI is InChI=1S/C22H32N4O2/c23-21(27)6-5-17-1-3-18(4-2-17)8-11-25-12-14-26(15-13-25)22-19-9-16-28-20(19)7-10-24-22/h7,9-10,16-18H,1-6,8,11-15H2,(H2,23,27). The molecule has 0 spiro atoms. The van der Waals surface area contributed by atoms with E-state index in [2.05, 4.69) is 14.8 Å². The Kier molecular flexibility index (Phi) is 6.15. The van der Waals surface area contributed by atoms with Crippen molar-refractivity contribution in [2.45, 2.75) is 44.9 Å². The van der Waals surface area contributed by atoms with Crippen LogP contribution in [0.4, 0.5) is 5.82 Å². The smallest absolute Gasteiger partial charge is 0.217 e. The van der Waals surface area contributed by atoms with Crippen molar-refractivity contribution in [3.63, 3.8) is 0 Å². The van der Waals surface area contributed by atoms with Crippen molar-refractivity contribution in [3.8, 4) is 0 Å². The molecule has 2 N–H and O–H groups in total. The lowest BCUT2D eigenvalue weighted by Crippen LogP contribution is -2.47. The highest BCUT2D eigenvalue weighted by molar-refractivity contribution is 5.88. The van der Waals surface area contributed by atoms with E-state index in [1.165, 1.54) is 38.6 Å². The number of amides is 1. The number of rotatable bonds is 7. The molecule has 1 aliphatic heterocycles. The third-order valence-corrected chi connectivity index (χ3v) is 6.65. The molecule has 0 aromatic carbocycles. The van der Waals surface area contributed by atoms with Crippen molar-refractivity contribution in [2.75, 3.05) is 37.6 Å². The highest BCUT2D eigenvalue weighted by Gasteiger charge is 2.24. The molecule has 1 aliphatic carbocycles. The normalized spacial score (nSPS) is 23.9. The maximum atomic E-state index is 11.0. The minimum Gasteiger partial charge on any atom is -0.464 e. The average Bonchev–Trinajstić information content (AvgIpc) is 3.21. The van der Waals surface area contributed by atoms with Crippen LogP contribution in [0.3, 0.4) is 0 Å². The maximum Gasteiger partial charge on any atom is 0.217 e. The van der Waals surface area contributed by atoms with Crippen molar-refractivity contribution in [3.05, 3.63) is 24.6 Å². The lowest BCUT2D eigenvalue weighted by atomic mass is 9.78. The Hall–Kier alpha value is -2.08. The van der Waals surface area contributed by atoms with Crippen LogP contribution in [-0.2, 0) is 4.79 Å². The molecule has 4 rings (SSSR count). The molecule has 28 heavy (non-hydrogen) atoms. The van der Waals surface area contributed by atoms with E-state index in [9.17, 15) is 4.79 Å². The molecule has 1 saturated heterocycles. The highest BCUT2D eigenvalue weighted by atomic mass is 16.3. The van der Waals surface area contributed by atoms with Gasteiger partial charge in [0.25, 0.3) is 0 Å². The minimum atomic E-state index is -0.152. The van der Waals surface area contributed by atoms with E-state index in [-0.39, 0.29) is 5.91 Å². The van der Waals surface area contributed by atoms with Crippen LogP contribution in [0.25, 0.3) is 11.0 Å². The lowest BCUT2D eigenvalue weighted by molar-refractivity contribution is -0.118. The van der Waals surface area contributed by atoms with E-state index >= 15 is 0 Å². The first-order chi connectivity index (χ1) is 13.7. The summed E-state index contributed by atoms with van der Waals surface area (Å²) in [6.45, 7) is 5.45. The van der Waals surface area contributed by atoms with Gasteiger partial charge < -0.3 is 15.1 Å². The van der Waals surface area contributed by atoms with Crippen molar-refractivity contribution in [1.29, 1.82) is 0 Å². The molecule has 3 heterocycles. The van der Waals surface area contributed by atoms with Crippen LogP contribution in [-0.4, -0.2) is 48.5 Å². The number of piperazine rings is 1. The van der Waals surface area contributed by atoms with E-state index in [1.807, 2.05) is 18.3 Å². The Morgan fingerprint density at radius 3 is 2.50 bits per heavy atom. The average molecular weight is 385 g/mol. The summed E-state index contributed by atoms with van der Waals surface area (Å²) in [6, 6.07) is 3.95. The summed E-state index contributed by atoms with van der Waals surface area (Å²) in [5.74, 6) is 2.47. The quantitative estimate of drug-likeness (QED) is 0.792.